The largest absolute Gasteiger partial charge is 0.370 e. The minimum absolute atomic E-state index is 0.363. The summed E-state index contributed by atoms with van der Waals surface area (Å²) in [5, 5.41) is 5.42. The molecule has 2 aromatic carbocycles. The van der Waals surface area contributed by atoms with Gasteiger partial charge in [0.15, 0.2) is 0 Å². The molecule has 0 aliphatic carbocycles. The van der Waals surface area contributed by atoms with Gasteiger partial charge in [-0.3, -0.25) is 0 Å². The van der Waals surface area contributed by atoms with Gasteiger partial charge in [0.25, 0.3) is 0 Å². The van der Waals surface area contributed by atoms with E-state index in [4.69, 9.17) is 5.90 Å². The maximum Gasteiger partial charge on any atom is 0.358 e. The number of likely N-dealkylation sites (N-methyl/N-ethyl adjacent to an activating group) is 1. The zero-order valence-electron chi connectivity index (χ0n) is 16.0. The molecule has 7 nitrogen and oxygen atoms in total. The van der Waals surface area contributed by atoms with Crippen molar-refractivity contribution in [1.82, 2.24) is 19.6 Å². The molecule has 1 aliphatic heterocycles. The lowest BCUT2D eigenvalue weighted by molar-refractivity contribution is 0.0505. The third kappa shape index (κ3) is 3.91. The monoisotopic (exact) mass is 379 g/mol. The number of rotatable bonds is 5. The van der Waals surface area contributed by atoms with Crippen molar-refractivity contribution in [3.05, 3.63) is 59.8 Å². The maximum atomic E-state index is 11.8. The molecular formula is C21H25N5O2. The van der Waals surface area contributed by atoms with Crippen LogP contribution in [0.15, 0.2) is 48.7 Å². The predicted molar refractivity (Wildman–Crippen MR) is 108 cm³/mol. The molecule has 1 saturated heterocycles. The van der Waals surface area contributed by atoms with E-state index in [2.05, 4.69) is 51.0 Å². The fraction of sp³-hybridized carbons (Fsp3) is 0.333. The first kappa shape index (κ1) is 18.6. The van der Waals surface area contributed by atoms with Gasteiger partial charge in [0, 0.05) is 44.3 Å². The molecule has 2 N–H and O–H groups in total. The number of hydrogen-bond donors (Lipinski definition) is 1. The second-order valence-electron chi connectivity index (χ2n) is 7.28. The van der Waals surface area contributed by atoms with Gasteiger partial charge in [-0.15, -0.1) is 0 Å². The minimum Gasteiger partial charge on any atom is -0.370 e. The first-order valence-electron chi connectivity index (χ1n) is 9.54. The average molecular weight is 379 g/mol. The molecule has 0 atom stereocenters. The second-order valence-corrected chi connectivity index (χ2v) is 7.28. The van der Waals surface area contributed by atoms with Crippen LogP contribution in [0.4, 0.5) is 0 Å². The van der Waals surface area contributed by atoms with Gasteiger partial charge in [0.1, 0.15) is 5.52 Å². The summed E-state index contributed by atoms with van der Waals surface area (Å²) in [6, 6.07) is 13.8. The lowest BCUT2D eigenvalue weighted by Crippen LogP contribution is -2.45. The Labute approximate surface area is 164 Å². The number of carbonyl (C=O) groups is 1. The van der Waals surface area contributed by atoms with Crippen molar-refractivity contribution in [1.29, 1.82) is 0 Å². The summed E-state index contributed by atoms with van der Waals surface area (Å²) >= 11 is 0. The summed E-state index contributed by atoms with van der Waals surface area (Å²) in [6.07, 6.45) is 2.94. The van der Waals surface area contributed by atoms with E-state index in [1.54, 1.807) is 16.8 Å². The third-order valence-electron chi connectivity index (χ3n) is 5.38. The van der Waals surface area contributed by atoms with E-state index >= 15 is 0 Å². The Morgan fingerprint density at radius 3 is 2.57 bits per heavy atom. The van der Waals surface area contributed by atoms with Gasteiger partial charge in [-0.25, -0.2) is 9.48 Å². The number of fused-ring (bicyclic) bond motifs is 1. The van der Waals surface area contributed by atoms with Crippen LogP contribution in [-0.4, -0.2) is 65.3 Å². The van der Waals surface area contributed by atoms with Crippen molar-refractivity contribution < 1.29 is 9.63 Å². The van der Waals surface area contributed by atoms with Crippen molar-refractivity contribution in [2.45, 2.75) is 6.42 Å². The molecule has 0 saturated carbocycles. The molecule has 0 unspecified atom stereocenters. The topological polar surface area (TPSA) is 76.6 Å². The van der Waals surface area contributed by atoms with Crippen LogP contribution in [0.2, 0.25) is 0 Å². The highest BCUT2D eigenvalue weighted by atomic mass is 16.7. The lowest BCUT2D eigenvalue weighted by Gasteiger charge is -2.32. The van der Waals surface area contributed by atoms with Gasteiger partial charge in [-0.2, -0.15) is 11.0 Å². The molecule has 4 rings (SSSR count). The molecule has 3 aromatic rings. The number of nitrogens with zero attached hydrogens (tertiary/aromatic N) is 4. The number of aromatic nitrogens is 2. The van der Waals surface area contributed by atoms with Gasteiger partial charge in [-0.05, 0) is 37.2 Å². The lowest BCUT2D eigenvalue weighted by atomic mass is 10.1. The first-order chi connectivity index (χ1) is 13.6. The smallest absolute Gasteiger partial charge is 0.358 e. The molecule has 0 spiro atoms. The Bertz CT molecular complexity index is 959. The first-order valence-corrected chi connectivity index (χ1v) is 9.54. The van der Waals surface area contributed by atoms with Gasteiger partial charge in [0.2, 0.25) is 0 Å². The van der Waals surface area contributed by atoms with Crippen LogP contribution in [0.25, 0.3) is 16.6 Å². The molecule has 0 amide bonds. The summed E-state index contributed by atoms with van der Waals surface area (Å²) in [5.41, 5.74) is 3.21. The van der Waals surface area contributed by atoms with E-state index in [1.165, 1.54) is 5.56 Å². The van der Waals surface area contributed by atoms with E-state index in [0.717, 1.165) is 50.2 Å². The number of nitrogens with two attached hydrogens (primary N) is 1. The van der Waals surface area contributed by atoms with E-state index in [9.17, 15) is 4.79 Å². The molecule has 2 heterocycles. The fourth-order valence-electron chi connectivity index (χ4n) is 3.58. The Balaban J connectivity index is 1.47. The van der Waals surface area contributed by atoms with Gasteiger partial charge in [0.05, 0.1) is 11.3 Å². The van der Waals surface area contributed by atoms with Crippen LogP contribution in [0.5, 0.6) is 0 Å². The number of piperazine rings is 1. The van der Waals surface area contributed by atoms with Crippen LogP contribution >= 0.6 is 0 Å². The number of benzene rings is 2. The molecular weight excluding hydrogens is 354 g/mol. The van der Waals surface area contributed by atoms with Crippen molar-refractivity contribution in [2.24, 2.45) is 5.90 Å². The van der Waals surface area contributed by atoms with Crippen LogP contribution < -0.4 is 5.90 Å². The van der Waals surface area contributed by atoms with E-state index in [0.29, 0.717) is 11.1 Å². The normalized spacial score (nSPS) is 15.8. The molecule has 146 valence electrons. The molecule has 0 radical (unpaired) electrons. The van der Waals surface area contributed by atoms with Gasteiger partial charge < -0.3 is 14.6 Å². The van der Waals surface area contributed by atoms with Crippen LogP contribution in [0.1, 0.15) is 15.9 Å². The number of carbonyl (C=O) groups excluding carboxylic acids is 1. The van der Waals surface area contributed by atoms with Crippen molar-refractivity contribution in [3.63, 3.8) is 0 Å². The highest BCUT2D eigenvalue weighted by Gasteiger charge is 2.15. The predicted octanol–water partition coefficient (Wildman–Crippen LogP) is 1.85. The summed E-state index contributed by atoms with van der Waals surface area (Å²) in [5.74, 6) is 4.44. The van der Waals surface area contributed by atoms with Gasteiger partial charge in [-0.1, -0.05) is 24.3 Å². The van der Waals surface area contributed by atoms with E-state index < -0.39 is 5.97 Å². The Morgan fingerprint density at radius 2 is 1.86 bits per heavy atom. The molecule has 1 aromatic heterocycles. The molecule has 0 bridgehead atoms. The van der Waals surface area contributed by atoms with Crippen molar-refractivity contribution in [2.75, 3.05) is 39.8 Å². The molecule has 1 fully saturated rings. The Hall–Kier alpha value is -2.74. The average Bonchev–Trinajstić information content (AvgIpc) is 3.17. The van der Waals surface area contributed by atoms with Crippen molar-refractivity contribution in [3.8, 4) is 5.69 Å². The highest BCUT2D eigenvalue weighted by molar-refractivity contribution is 6.02. The van der Waals surface area contributed by atoms with Crippen LogP contribution in [-0.2, 0) is 11.3 Å². The SMILES string of the molecule is CN1CCN(CCc2ccc(-n3cc4cccc(C(=O)ON)c4n3)cc2)CC1. The number of hydrogen-bond acceptors (Lipinski definition) is 6. The summed E-state index contributed by atoms with van der Waals surface area (Å²) < 4.78 is 1.78. The zero-order chi connectivity index (χ0) is 19.5. The fourth-order valence-corrected chi connectivity index (χ4v) is 3.58. The Kier molecular flexibility index (Phi) is 5.38. The van der Waals surface area contributed by atoms with E-state index in [-0.39, 0.29) is 0 Å². The zero-order valence-corrected chi connectivity index (χ0v) is 16.0. The molecule has 28 heavy (non-hydrogen) atoms. The molecule has 1 aliphatic rings. The van der Waals surface area contributed by atoms with Crippen LogP contribution in [0.3, 0.4) is 0 Å². The summed E-state index contributed by atoms with van der Waals surface area (Å²) in [4.78, 5) is 21.1. The summed E-state index contributed by atoms with van der Waals surface area (Å²) in [7, 11) is 2.18. The summed E-state index contributed by atoms with van der Waals surface area (Å²) in [6.45, 7) is 5.66. The highest BCUT2D eigenvalue weighted by Crippen LogP contribution is 2.20. The molecule has 7 heteroatoms. The van der Waals surface area contributed by atoms with Crippen LogP contribution in [0, 0.1) is 0 Å². The van der Waals surface area contributed by atoms with Crippen molar-refractivity contribution >= 4 is 16.9 Å². The van der Waals surface area contributed by atoms with E-state index in [1.807, 2.05) is 12.3 Å². The van der Waals surface area contributed by atoms with Gasteiger partial charge >= 0.3 is 5.97 Å². The standard InChI is InChI=1S/C21H25N5O2/c1-24-11-13-25(14-12-24)10-9-16-5-7-18(8-6-16)26-15-17-3-2-4-19(20(17)23-26)21(27)28-22/h2-8,15H,9-14,22H2,1H3. The second kappa shape index (κ2) is 8.10. The minimum atomic E-state index is -0.588. The third-order valence-corrected chi connectivity index (χ3v) is 5.38. The maximum absolute atomic E-state index is 11.8. The quantitative estimate of drug-likeness (QED) is 0.682. The Morgan fingerprint density at radius 1 is 1.11 bits per heavy atom.